The van der Waals surface area contributed by atoms with Gasteiger partial charge in [0.15, 0.2) is 0 Å². The van der Waals surface area contributed by atoms with Crippen molar-refractivity contribution < 1.29 is 9.53 Å². The molecule has 3 rings (SSSR count). The Kier molecular flexibility index (Phi) is 4.40. The molecule has 0 atom stereocenters. The van der Waals surface area contributed by atoms with Crippen LogP contribution in [0.2, 0.25) is 5.02 Å². The first-order valence-electron chi connectivity index (χ1n) is 7.14. The van der Waals surface area contributed by atoms with Crippen LogP contribution in [0.25, 0.3) is 11.3 Å². The average molecular weight is 324 g/mol. The van der Waals surface area contributed by atoms with Gasteiger partial charge in [0.1, 0.15) is 5.75 Å². The second-order valence-corrected chi connectivity index (χ2v) is 5.50. The highest BCUT2D eigenvalue weighted by Crippen LogP contribution is 2.32. The van der Waals surface area contributed by atoms with Gasteiger partial charge in [0.05, 0.1) is 11.3 Å². The van der Waals surface area contributed by atoms with E-state index in [9.17, 15) is 4.79 Å². The van der Waals surface area contributed by atoms with Gasteiger partial charge in [-0.25, -0.2) is 4.79 Å². The molecule has 3 aromatic rings. The minimum absolute atomic E-state index is 0.408. The zero-order chi connectivity index (χ0) is 16.2. The predicted molar refractivity (Wildman–Crippen MR) is 90.8 cm³/mol. The average Bonchev–Trinajstić information content (AvgIpc) is 2.56. The largest absolute Gasteiger partial charge is 0.422 e. The number of carbonyl (C=O) groups excluding carboxylic acids is 1. The lowest BCUT2D eigenvalue weighted by Crippen LogP contribution is -2.09. The summed E-state index contributed by atoms with van der Waals surface area (Å²) in [5.41, 5.74) is 2.97. The first-order valence-corrected chi connectivity index (χ1v) is 7.52. The summed E-state index contributed by atoms with van der Waals surface area (Å²) < 4.78 is 5.58. The number of pyridine rings is 1. The molecule has 0 fully saturated rings. The third-order valence-corrected chi connectivity index (χ3v) is 3.65. The molecule has 0 N–H and O–H groups in total. The summed E-state index contributed by atoms with van der Waals surface area (Å²) in [6.07, 6.45) is 1.71. The zero-order valence-electron chi connectivity index (χ0n) is 12.5. The van der Waals surface area contributed by atoms with Crippen LogP contribution >= 0.6 is 11.6 Å². The number of carbonyl (C=O) groups is 1. The maximum atomic E-state index is 12.4. The molecule has 0 unspecified atom stereocenters. The van der Waals surface area contributed by atoms with E-state index in [0.717, 1.165) is 16.8 Å². The molecule has 0 spiro atoms. The molecule has 0 bridgehead atoms. The molecule has 114 valence electrons. The predicted octanol–water partition coefficient (Wildman–Crippen LogP) is 4.93. The Morgan fingerprint density at radius 2 is 1.87 bits per heavy atom. The van der Waals surface area contributed by atoms with Crippen molar-refractivity contribution in [2.24, 2.45) is 0 Å². The highest BCUT2D eigenvalue weighted by molar-refractivity contribution is 6.30. The second-order valence-electron chi connectivity index (χ2n) is 5.06. The van der Waals surface area contributed by atoms with E-state index in [0.29, 0.717) is 16.3 Å². The quantitative estimate of drug-likeness (QED) is 0.507. The molecule has 23 heavy (non-hydrogen) atoms. The van der Waals surface area contributed by atoms with Gasteiger partial charge in [-0.15, -0.1) is 0 Å². The fourth-order valence-corrected chi connectivity index (χ4v) is 2.53. The third kappa shape index (κ3) is 3.41. The normalized spacial score (nSPS) is 10.3. The summed E-state index contributed by atoms with van der Waals surface area (Å²) in [6, 6.07) is 17.9. The maximum Gasteiger partial charge on any atom is 0.343 e. The Morgan fingerprint density at radius 3 is 2.61 bits per heavy atom. The molecule has 3 nitrogen and oxygen atoms in total. The third-order valence-electron chi connectivity index (χ3n) is 3.42. The monoisotopic (exact) mass is 323 g/mol. The van der Waals surface area contributed by atoms with Crippen molar-refractivity contribution in [2.45, 2.75) is 6.92 Å². The molecule has 0 radical (unpaired) electrons. The van der Waals surface area contributed by atoms with Gasteiger partial charge in [-0.05, 0) is 48.9 Å². The highest BCUT2D eigenvalue weighted by Gasteiger charge is 2.15. The lowest BCUT2D eigenvalue weighted by Gasteiger charge is -2.12. The number of hydrogen-bond acceptors (Lipinski definition) is 3. The molecule has 0 aliphatic heterocycles. The summed E-state index contributed by atoms with van der Waals surface area (Å²) >= 11 is 5.93. The summed E-state index contributed by atoms with van der Waals surface area (Å²) in [4.78, 5) is 16.7. The number of aryl methyl sites for hydroxylation is 1. The molecule has 0 amide bonds. The van der Waals surface area contributed by atoms with Gasteiger partial charge in [0.2, 0.25) is 0 Å². The van der Waals surface area contributed by atoms with Gasteiger partial charge in [-0.3, -0.25) is 4.98 Å². The number of aromatic nitrogens is 1. The van der Waals surface area contributed by atoms with Crippen molar-refractivity contribution in [1.82, 2.24) is 4.98 Å². The van der Waals surface area contributed by atoms with Crippen LogP contribution in [0, 0.1) is 6.92 Å². The topological polar surface area (TPSA) is 39.2 Å². The number of halogens is 1. The Hall–Kier alpha value is -2.65. The second kappa shape index (κ2) is 6.63. The summed E-state index contributed by atoms with van der Waals surface area (Å²) in [6.45, 7) is 1.96. The van der Waals surface area contributed by atoms with Crippen LogP contribution in [0.3, 0.4) is 0 Å². The zero-order valence-corrected chi connectivity index (χ0v) is 13.2. The highest BCUT2D eigenvalue weighted by atomic mass is 35.5. The Bertz CT molecular complexity index is 847. The van der Waals surface area contributed by atoms with Gasteiger partial charge in [-0.1, -0.05) is 35.9 Å². The van der Waals surface area contributed by atoms with Crippen molar-refractivity contribution in [3.8, 4) is 17.0 Å². The van der Waals surface area contributed by atoms with Crippen molar-refractivity contribution in [3.63, 3.8) is 0 Å². The number of rotatable bonds is 3. The van der Waals surface area contributed by atoms with Crippen LogP contribution in [0.5, 0.6) is 5.75 Å². The number of ether oxygens (including phenoxy) is 1. The van der Waals surface area contributed by atoms with E-state index in [1.165, 1.54) is 0 Å². The number of esters is 1. The Morgan fingerprint density at radius 1 is 1.04 bits per heavy atom. The molecule has 0 saturated carbocycles. The number of nitrogens with zero attached hydrogens (tertiary/aromatic N) is 1. The molecular weight excluding hydrogens is 310 g/mol. The summed E-state index contributed by atoms with van der Waals surface area (Å²) in [7, 11) is 0. The minimum Gasteiger partial charge on any atom is -0.422 e. The fraction of sp³-hybridized carbons (Fsp3) is 0.0526. The van der Waals surface area contributed by atoms with E-state index in [-0.39, 0.29) is 0 Å². The summed E-state index contributed by atoms with van der Waals surface area (Å²) in [5, 5.41) is 0.494. The van der Waals surface area contributed by atoms with E-state index >= 15 is 0 Å². The molecule has 2 aromatic carbocycles. The van der Waals surface area contributed by atoms with Gasteiger partial charge < -0.3 is 4.74 Å². The maximum absolute atomic E-state index is 12.4. The molecule has 0 saturated heterocycles. The Balaban J connectivity index is 1.98. The van der Waals surface area contributed by atoms with Gasteiger partial charge in [-0.2, -0.15) is 0 Å². The van der Waals surface area contributed by atoms with Crippen LogP contribution in [-0.4, -0.2) is 11.0 Å². The molecule has 4 heteroatoms. The van der Waals surface area contributed by atoms with Crippen LogP contribution in [0.15, 0.2) is 66.9 Å². The SMILES string of the molecule is Cc1cccc(OC(=O)c2cccc(Cl)c2)c1-c1ccccn1. The standard InChI is InChI=1S/C19H14ClNO2/c1-13-6-4-10-17(18(13)16-9-2-3-11-21-16)23-19(22)14-7-5-8-15(20)12-14/h2-12H,1H3. The van der Waals surface area contributed by atoms with E-state index in [2.05, 4.69) is 4.98 Å². The first-order chi connectivity index (χ1) is 11.1. The van der Waals surface area contributed by atoms with Crippen LogP contribution in [-0.2, 0) is 0 Å². The number of hydrogen-bond donors (Lipinski definition) is 0. The van der Waals surface area contributed by atoms with Gasteiger partial charge >= 0.3 is 5.97 Å². The van der Waals surface area contributed by atoms with Crippen molar-refractivity contribution in [2.75, 3.05) is 0 Å². The molecular formula is C19H14ClNO2. The summed E-state index contributed by atoms with van der Waals surface area (Å²) in [5.74, 6) is 0.0314. The van der Waals surface area contributed by atoms with Crippen molar-refractivity contribution in [1.29, 1.82) is 0 Å². The van der Waals surface area contributed by atoms with Crippen LogP contribution < -0.4 is 4.74 Å². The minimum atomic E-state index is -0.449. The van der Waals surface area contributed by atoms with E-state index in [1.54, 1.807) is 36.5 Å². The van der Waals surface area contributed by atoms with Gasteiger partial charge in [0.25, 0.3) is 0 Å². The smallest absolute Gasteiger partial charge is 0.343 e. The lowest BCUT2D eigenvalue weighted by atomic mass is 10.0. The lowest BCUT2D eigenvalue weighted by molar-refractivity contribution is 0.0735. The molecule has 0 aliphatic rings. The van der Waals surface area contributed by atoms with Gasteiger partial charge in [0, 0.05) is 16.8 Å². The Labute approximate surface area is 139 Å². The van der Waals surface area contributed by atoms with Crippen molar-refractivity contribution in [3.05, 3.63) is 83.0 Å². The van der Waals surface area contributed by atoms with Crippen LogP contribution in [0.4, 0.5) is 0 Å². The number of benzene rings is 2. The first kappa shape index (κ1) is 15.3. The molecule has 1 aromatic heterocycles. The molecule has 0 aliphatic carbocycles. The fourth-order valence-electron chi connectivity index (χ4n) is 2.34. The van der Waals surface area contributed by atoms with Crippen molar-refractivity contribution >= 4 is 17.6 Å². The molecule has 1 heterocycles. The van der Waals surface area contributed by atoms with E-state index in [1.807, 2.05) is 37.3 Å². The van der Waals surface area contributed by atoms with Crippen LogP contribution in [0.1, 0.15) is 15.9 Å². The van der Waals surface area contributed by atoms with E-state index < -0.39 is 5.97 Å². The van der Waals surface area contributed by atoms with E-state index in [4.69, 9.17) is 16.3 Å².